The molecular weight excluding hydrogens is 260 g/mol. The van der Waals surface area contributed by atoms with E-state index in [1.165, 1.54) is 0 Å². The van der Waals surface area contributed by atoms with Crippen molar-refractivity contribution < 1.29 is 4.79 Å². The fourth-order valence-electron chi connectivity index (χ4n) is 2.43. The number of halogens is 1. The third-order valence-electron chi connectivity index (χ3n) is 3.74. The van der Waals surface area contributed by atoms with Gasteiger partial charge in [0.1, 0.15) is 0 Å². The predicted molar refractivity (Wildman–Crippen MR) is 75.1 cm³/mol. The molecule has 19 heavy (non-hydrogen) atoms. The van der Waals surface area contributed by atoms with Gasteiger partial charge in [0.15, 0.2) is 0 Å². The zero-order valence-corrected chi connectivity index (χ0v) is 11.7. The smallest absolute Gasteiger partial charge is 0.253 e. The molecule has 0 aromatic heterocycles. The first-order valence-corrected chi connectivity index (χ1v) is 6.99. The molecule has 1 aromatic carbocycles. The van der Waals surface area contributed by atoms with Crippen molar-refractivity contribution >= 4 is 17.5 Å². The summed E-state index contributed by atoms with van der Waals surface area (Å²) in [6.07, 6.45) is 1.93. The number of nitrogens with zero attached hydrogens (tertiary/aromatic N) is 2. The van der Waals surface area contributed by atoms with E-state index in [4.69, 9.17) is 16.9 Å². The summed E-state index contributed by atoms with van der Waals surface area (Å²) in [6, 6.07) is 8.85. The van der Waals surface area contributed by atoms with Gasteiger partial charge in [0, 0.05) is 24.0 Å². The van der Waals surface area contributed by atoms with Crippen LogP contribution in [-0.4, -0.2) is 29.3 Å². The normalized spacial score (nSPS) is 17.8. The van der Waals surface area contributed by atoms with Crippen molar-refractivity contribution in [1.82, 2.24) is 4.90 Å². The number of benzene rings is 1. The fourth-order valence-corrected chi connectivity index (χ4v) is 2.68. The van der Waals surface area contributed by atoms with Crippen LogP contribution in [0.25, 0.3) is 0 Å². The molecule has 1 unspecified atom stereocenters. The summed E-state index contributed by atoms with van der Waals surface area (Å²) in [5, 5.41) is 8.91. The standard InChI is InChI=1S/C15H17ClN2O/c1-11(16)13-6-8-18(9-7-13)15(19)14-4-2-12(10-17)3-5-14/h2-5,11,13H,6-9H2,1H3. The molecule has 1 atom stereocenters. The van der Waals surface area contributed by atoms with E-state index in [2.05, 4.69) is 6.07 Å². The van der Waals surface area contributed by atoms with E-state index in [0.29, 0.717) is 17.0 Å². The number of alkyl halides is 1. The topological polar surface area (TPSA) is 44.1 Å². The van der Waals surface area contributed by atoms with Crippen LogP contribution in [0.15, 0.2) is 24.3 Å². The van der Waals surface area contributed by atoms with Crippen LogP contribution >= 0.6 is 11.6 Å². The quantitative estimate of drug-likeness (QED) is 0.780. The number of likely N-dealkylation sites (tertiary alicyclic amines) is 1. The van der Waals surface area contributed by atoms with E-state index in [9.17, 15) is 4.79 Å². The molecule has 0 saturated carbocycles. The second kappa shape index (κ2) is 6.08. The van der Waals surface area contributed by atoms with Crippen molar-refractivity contribution in [2.24, 2.45) is 5.92 Å². The van der Waals surface area contributed by atoms with Gasteiger partial charge in [-0.3, -0.25) is 4.79 Å². The van der Waals surface area contributed by atoms with Gasteiger partial charge in [0.05, 0.1) is 11.6 Å². The highest BCUT2D eigenvalue weighted by molar-refractivity contribution is 6.20. The van der Waals surface area contributed by atoms with Crippen LogP contribution < -0.4 is 0 Å². The Hall–Kier alpha value is -1.53. The van der Waals surface area contributed by atoms with Crippen LogP contribution in [0.1, 0.15) is 35.7 Å². The second-order valence-electron chi connectivity index (χ2n) is 5.00. The number of piperidine rings is 1. The molecule has 4 heteroatoms. The lowest BCUT2D eigenvalue weighted by Gasteiger charge is -2.33. The maximum atomic E-state index is 12.3. The molecule has 1 aliphatic heterocycles. The molecule has 0 spiro atoms. The van der Waals surface area contributed by atoms with E-state index >= 15 is 0 Å². The van der Waals surface area contributed by atoms with Crippen LogP contribution in [0.3, 0.4) is 0 Å². The third-order valence-corrected chi connectivity index (χ3v) is 4.09. The molecule has 1 aliphatic rings. The molecule has 0 radical (unpaired) electrons. The molecule has 1 saturated heterocycles. The first-order chi connectivity index (χ1) is 9.11. The van der Waals surface area contributed by atoms with Crippen LogP contribution in [0.4, 0.5) is 0 Å². The Morgan fingerprint density at radius 1 is 1.37 bits per heavy atom. The van der Waals surface area contributed by atoms with Crippen molar-refractivity contribution in [3.05, 3.63) is 35.4 Å². The van der Waals surface area contributed by atoms with E-state index in [1.54, 1.807) is 24.3 Å². The summed E-state index contributed by atoms with van der Waals surface area (Å²) in [5.74, 6) is 0.553. The van der Waals surface area contributed by atoms with Gasteiger partial charge in [0.25, 0.3) is 5.91 Å². The van der Waals surface area contributed by atoms with Crippen molar-refractivity contribution in [3.63, 3.8) is 0 Å². The van der Waals surface area contributed by atoms with Gasteiger partial charge in [0.2, 0.25) is 0 Å². The number of nitriles is 1. The summed E-state index contributed by atoms with van der Waals surface area (Å²) in [6.45, 7) is 3.55. The van der Waals surface area contributed by atoms with E-state index in [0.717, 1.165) is 25.9 Å². The maximum absolute atomic E-state index is 12.3. The summed E-state index contributed by atoms with van der Waals surface area (Å²) >= 11 is 6.10. The zero-order chi connectivity index (χ0) is 13.8. The first kappa shape index (κ1) is 13.9. The van der Waals surface area contributed by atoms with Gasteiger partial charge >= 0.3 is 0 Å². The summed E-state index contributed by atoms with van der Waals surface area (Å²) < 4.78 is 0. The average molecular weight is 277 g/mol. The average Bonchev–Trinajstić information content (AvgIpc) is 2.46. The van der Waals surface area contributed by atoms with Crippen LogP contribution in [0.2, 0.25) is 0 Å². The molecule has 0 N–H and O–H groups in total. The largest absolute Gasteiger partial charge is 0.339 e. The minimum Gasteiger partial charge on any atom is -0.339 e. The zero-order valence-electron chi connectivity index (χ0n) is 11.0. The van der Waals surface area contributed by atoms with Gasteiger partial charge in [-0.25, -0.2) is 0 Å². The second-order valence-corrected chi connectivity index (χ2v) is 5.68. The van der Waals surface area contributed by atoms with E-state index in [1.807, 2.05) is 11.8 Å². The molecule has 1 aromatic rings. The van der Waals surface area contributed by atoms with Crippen molar-refractivity contribution in [1.29, 1.82) is 5.26 Å². The highest BCUT2D eigenvalue weighted by Crippen LogP contribution is 2.24. The van der Waals surface area contributed by atoms with Gasteiger partial charge in [-0.15, -0.1) is 11.6 Å². The number of hydrogen-bond acceptors (Lipinski definition) is 2. The van der Waals surface area contributed by atoms with E-state index < -0.39 is 0 Å². The third kappa shape index (κ3) is 3.27. The Morgan fingerprint density at radius 3 is 2.42 bits per heavy atom. The SMILES string of the molecule is CC(Cl)C1CCN(C(=O)c2ccc(C#N)cc2)CC1. The summed E-state index contributed by atoms with van der Waals surface area (Å²) in [4.78, 5) is 14.2. The lowest BCUT2D eigenvalue weighted by atomic mass is 9.93. The van der Waals surface area contributed by atoms with Crippen molar-refractivity contribution in [3.8, 4) is 6.07 Å². The molecule has 0 aliphatic carbocycles. The number of amides is 1. The molecule has 0 bridgehead atoms. The molecule has 100 valence electrons. The Labute approximate surface area is 118 Å². The lowest BCUT2D eigenvalue weighted by Crippen LogP contribution is -2.40. The van der Waals surface area contributed by atoms with Crippen molar-refractivity contribution in [2.45, 2.75) is 25.1 Å². The number of rotatable bonds is 2. The Balaban J connectivity index is 1.99. The van der Waals surface area contributed by atoms with Gasteiger partial charge in [-0.05, 0) is 49.9 Å². The van der Waals surface area contributed by atoms with Gasteiger partial charge in [-0.1, -0.05) is 0 Å². The summed E-state index contributed by atoms with van der Waals surface area (Å²) in [5.41, 5.74) is 1.22. The van der Waals surface area contributed by atoms with Crippen molar-refractivity contribution in [2.75, 3.05) is 13.1 Å². The van der Waals surface area contributed by atoms with E-state index in [-0.39, 0.29) is 11.3 Å². The fraction of sp³-hybridized carbons (Fsp3) is 0.467. The van der Waals surface area contributed by atoms with Crippen LogP contribution in [-0.2, 0) is 0 Å². The monoisotopic (exact) mass is 276 g/mol. The summed E-state index contributed by atoms with van der Waals surface area (Å²) in [7, 11) is 0. The molecular formula is C15H17ClN2O. The first-order valence-electron chi connectivity index (χ1n) is 6.55. The highest BCUT2D eigenvalue weighted by Gasteiger charge is 2.25. The number of hydrogen-bond donors (Lipinski definition) is 0. The van der Waals surface area contributed by atoms with Gasteiger partial charge in [-0.2, -0.15) is 5.26 Å². The maximum Gasteiger partial charge on any atom is 0.253 e. The van der Waals surface area contributed by atoms with Crippen LogP contribution in [0.5, 0.6) is 0 Å². The predicted octanol–water partition coefficient (Wildman–Crippen LogP) is 3.04. The molecule has 1 amide bonds. The molecule has 2 rings (SSSR count). The Kier molecular flexibility index (Phi) is 4.44. The Bertz CT molecular complexity index is 482. The van der Waals surface area contributed by atoms with Crippen LogP contribution in [0, 0.1) is 17.2 Å². The Morgan fingerprint density at radius 2 is 1.95 bits per heavy atom. The molecule has 1 fully saturated rings. The van der Waals surface area contributed by atoms with Gasteiger partial charge < -0.3 is 4.90 Å². The minimum absolute atomic E-state index is 0.0464. The molecule has 3 nitrogen and oxygen atoms in total. The minimum atomic E-state index is 0.0464. The highest BCUT2D eigenvalue weighted by atomic mass is 35.5. The molecule has 1 heterocycles. The number of carbonyl (C=O) groups is 1. The number of carbonyl (C=O) groups excluding carboxylic acids is 1. The lowest BCUT2D eigenvalue weighted by molar-refractivity contribution is 0.0690.